The van der Waals surface area contributed by atoms with Gasteiger partial charge in [-0.25, -0.2) is 0 Å². The molecule has 2 N–H and O–H groups in total. The largest absolute Gasteiger partial charge is 0.393 e. The van der Waals surface area contributed by atoms with Crippen molar-refractivity contribution in [1.82, 2.24) is 5.32 Å². The van der Waals surface area contributed by atoms with E-state index >= 15 is 0 Å². The number of aliphatic hydroxyl groups is 1. The first kappa shape index (κ1) is 13.2. The minimum atomic E-state index is -0.290. The highest BCUT2D eigenvalue weighted by atomic mass is 35.5. The van der Waals surface area contributed by atoms with Crippen LogP contribution in [0.4, 0.5) is 0 Å². The van der Waals surface area contributed by atoms with Crippen molar-refractivity contribution in [1.29, 1.82) is 0 Å². The highest BCUT2D eigenvalue weighted by Crippen LogP contribution is 2.37. The Balaban J connectivity index is 1.87. The van der Waals surface area contributed by atoms with Gasteiger partial charge in [0.15, 0.2) is 0 Å². The van der Waals surface area contributed by atoms with Gasteiger partial charge in [-0.15, -0.1) is 11.3 Å². The molecule has 3 nitrogen and oxygen atoms in total. The van der Waals surface area contributed by atoms with Gasteiger partial charge in [0.25, 0.3) is 5.91 Å². The molecule has 0 saturated heterocycles. The first-order valence-electron chi connectivity index (χ1n) is 5.91. The maximum atomic E-state index is 12.1. The molecule has 1 aliphatic carbocycles. The SMILES string of the molecule is O=C(NC1CC(O)C1)c1sc2cc(Cl)ccc2c1Cl. The molecule has 0 unspecified atom stereocenters. The second kappa shape index (κ2) is 4.94. The second-order valence-corrected chi connectivity index (χ2v) is 6.55. The molecular formula is C13H11Cl2NO2S. The molecule has 2 aromatic rings. The molecule has 1 saturated carbocycles. The number of hydrogen-bond donors (Lipinski definition) is 2. The van der Waals surface area contributed by atoms with Crippen LogP contribution in [-0.2, 0) is 0 Å². The summed E-state index contributed by atoms with van der Waals surface area (Å²) in [5.74, 6) is -0.181. The van der Waals surface area contributed by atoms with Gasteiger partial charge in [-0.1, -0.05) is 29.3 Å². The van der Waals surface area contributed by atoms with Gasteiger partial charge in [-0.3, -0.25) is 4.79 Å². The van der Waals surface area contributed by atoms with Gasteiger partial charge in [-0.2, -0.15) is 0 Å². The number of fused-ring (bicyclic) bond motifs is 1. The molecule has 1 heterocycles. The van der Waals surface area contributed by atoms with E-state index < -0.39 is 0 Å². The fraction of sp³-hybridized carbons (Fsp3) is 0.308. The highest BCUT2D eigenvalue weighted by molar-refractivity contribution is 7.21. The van der Waals surface area contributed by atoms with Gasteiger partial charge in [0, 0.05) is 21.2 Å². The Bertz CT molecular complexity index is 649. The van der Waals surface area contributed by atoms with Gasteiger partial charge in [0.1, 0.15) is 4.88 Å². The van der Waals surface area contributed by atoms with E-state index in [9.17, 15) is 9.90 Å². The Morgan fingerprint density at radius 2 is 2.11 bits per heavy atom. The van der Waals surface area contributed by atoms with E-state index in [4.69, 9.17) is 23.2 Å². The molecule has 1 aromatic heterocycles. The van der Waals surface area contributed by atoms with Crippen LogP contribution in [0.2, 0.25) is 10.0 Å². The number of carbonyl (C=O) groups excluding carboxylic acids is 1. The Hall–Kier alpha value is -0.810. The summed E-state index contributed by atoms with van der Waals surface area (Å²) in [5, 5.41) is 14.0. The van der Waals surface area contributed by atoms with E-state index in [1.54, 1.807) is 12.1 Å². The van der Waals surface area contributed by atoms with Crippen LogP contribution >= 0.6 is 34.5 Å². The number of halogens is 2. The Kier molecular flexibility index (Phi) is 3.43. The zero-order valence-corrected chi connectivity index (χ0v) is 12.1. The minimum Gasteiger partial charge on any atom is -0.393 e. The van der Waals surface area contributed by atoms with E-state index in [1.165, 1.54) is 11.3 Å². The summed E-state index contributed by atoms with van der Waals surface area (Å²) in [6.07, 6.45) is 0.933. The lowest BCUT2D eigenvalue weighted by molar-refractivity contribution is 0.0564. The normalized spacial score (nSPS) is 22.3. The quantitative estimate of drug-likeness (QED) is 0.891. The van der Waals surface area contributed by atoms with Crippen molar-refractivity contribution in [2.24, 2.45) is 0 Å². The minimum absolute atomic E-state index is 0.0485. The average molecular weight is 316 g/mol. The van der Waals surface area contributed by atoms with E-state index in [0.29, 0.717) is 27.8 Å². The number of aliphatic hydroxyl groups excluding tert-OH is 1. The maximum absolute atomic E-state index is 12.1. The van der Waals surface area contributed by atoms with Crippen molar-refractivity contribution in [3.05, 3.63) is 33.1 Å². The monoisotopic (exact) mass is 315 g/mol. The molecule has 0 atom stereocenters. The van der Waals surface area contributed by atoms with Gasteiger partial charge >= 0.3 is 0 Å². The van der Waals surface area contributed by atoms with Crippen molar-refractivity contribution in [2.45, 2.75) is 25.0 Å². The van der Waals surface area contributed by atoms with Gasteiger partial charge < -0.3 is 10.4 Å². The summed E-state index contributed by atoms with van der Waals surface area (Å²) >= 11 is 13.5. The summed E-state index contributed by atoms with van der Waals surface area (Å²) in [7, 11) is 0. The van der Waals surface area contributed by atoms with E-state index in [1.807, 2.05) is 6.07 Å². The number of carbonyl (C=O) groups is 1. The number of hydrogen-bond acceptors (Lipinski definition) is 3. The van der Waals surface area contributed by atoms with E-state index in [2.05, 4.69) is 5.32 Å². The Morgan fingerprint density at radius 1 is 1.37 bits per heavy atom. The first-order valence-corrected chi connectivity index (χ1v) is 7.48. The van der Waals surface area contributed by atoms with Crippen LogP contribution in [0.5, 0.6) is 0 Å². The molecule has 0 spiro atoms. The zero-order chi connectivity index (χ0) is 13.6. The third-order valence-corrected chi connectivity index (χ3v) is 5.14. The number of amides is 1. The highest BCUT2D eigenvalue weighted by Gasteiger charge is 2.29. The van der Waals surface area contributed by atoms with Crippen LogP contribution < -0.4 is 5.32 Å². The van der Waals surface area contributed by atoms with Crippen molar-refractivity contribution in [2.75, 3.05) is 0 Å². The summed E-state index contributed by atoms with van der Waals surface area (Å²) in [6, 6.07) is 5.43. The average Bonchev–Trinajstić information content (AvgIpc) is 2.64. The number of rotatable bonds is 2. The predicted molar refractivity (Wildman–Crippen MR) is 78.3 cm³/mol. The molecule has 0 radical (unpaired) electrons. The first-order chi connectivity index (χ1) is 9.04. The van der Waals surface area contributed by atoms with Crippen LogP contribution in [0.15, 0.2) is 18.2 Å². The molecule has 1 aromatic carbocycles. The van der Waals surface area contributed by atoms with Crippen molar-refractivity contribution in [3.8, 4) is 0 Å². The molecular weight excluding hydrogens is 305 g/mol. The number of benzene rings is 1. The van der Waals surface area contributed by atoms with E-state index in [-0.39, 0.29) is 18.1 Å². The summed E-state index contributed by atoms with van der Waals surface area (Å²) in [4.78, 5) is 12.6. The number of nitrogens with one attached hydrogen (secondary N) is 1. The lowest BCUT2D eigenvalue weighted by Crippen LogP contribution is -2.46. The Labute approximate surface area is 124 Å². The van der Waals surface area contributed by atoms with Crippen LogP contribution in [0.3, 0.4) is 0 Å². The standard InChI is InChI=1S/C13H11Cl2NO2S/c14-6-1-2-9-10(3-6)19-12(11(9)15)13(18)16-7-4-8(17)5-7/h1-3,7-8,17H,4-5H2,(H,16,18). The molecule has 1 amide bonds. The molecule has 3 rings (SSSR count). The summed E-state index contributed by atoms with van der Waals surface area (Å²) in [6.45, 7) is 0. The lowest BCUT2D eigenvalue weighted by atomic mass is 9.89. The van der Waals surface area contributed by atoms with Crippen molar-refractivity contribution >= 4 is 50.5 Å². The summed E-state index contributed by atoms with van der Waals surface area (Å²) < 4.78 is 0.899. The molecule has 1 fully saturated rings. The second-order valence-electron chi connectivity index (χ2n) is 4.68. The van der Waals surface area contributed by atoms with Gasteiger partial charge in [-0.05, 0) is 25.0 Å². The number of thiophene rings is 1. The fourth-order valence-corrected chi connectivity index (χ4v) is 3.84. The van der Waals surface area contributed by atoms with E-state index in [0.717, 1.165) is 10.1 Å². The molecule has 19 heavy (non-hydrogen) atoms. The Morgan fingerprint density at radius 3 is 2.79 bits per heavy atom. The third kappa shape index (κ3) is 2.46. The zero-order valence-electron chi connectivity index (χ0n) is 9.82. The van der Waals surface area contributed by atoms with Crippen LogP contribution in [0, 0.1) is 0 Å². The predicted octanol–water partition coefficient (Wildman–Crippen LogP) is 3.46. The fourth-order valence-electron chi connectivity index (χ4n) is 2.14. The molecule has 6 heteroatoms. The van der Waals surface area contributed by atoms with Crippen molar-refractivity contribution in [3.63, 3.8) is 0 Å². The topological polar surface area (TPSA) is 49.3 Å². The maximum Gasteiger partial charge on any atom is 0.263 e. The smallest absolute Gasteiger partial charge is 0.263 e. The van der Waals surface area contributed by atoms with Crippen LogP contribution in [0.25, 0.3) is 10.1 Å². The molecule has 0 bridgehead atoms. The molecule has 1 aliphatic rings. The van der Waals surface area contributed by atoms with Gasteiger partial charge in [0.05, 0.1) is 11.1 Å². The summed E-state index contributed by atoms with van der Waals surface area (Å²) in [5.41, 5.74) is 0. The van der Waals surface area contributed by atoms with Crippen LogP contribution in [0.1, 0.15) is 22.5 Å². The lowest BCUT2D eigenvalue weighted by Gasteiger charge is -2.31. The van der Waals surface area contributed by atoms with Crippen LogP contribution in [-0.4, -0.2) is 23.2 Å². The van der Waals surface area contributed by atoms with Crippen molar-refractivity contribution < 1.29 is 9.90 Å². The molecule has 100 valence electrons. The third-order valence-electron chi connectivity index (χ3n) is 3.25. The molecule has 0 aliphatic heterocycles. The van der Waals surface area contributed by atoms with Gasteiger partial charge in [0.2, 0.25) is 0 Å².